The molecule has 1 N–H and O–H groups in total. The van der Waals surface area contributed by atoms with Crippen molar-refractivity contribution in [1.82, 2.24) is 4.98 Å². The second-order valence-corrected chi connectivity index (χ2v) is 7.11. The Hall–Kier alpha value is -1.61. The largest absolute Gasteiger partial charge is 0.444 e. The molecule has 5 nitrogen and oxygen atoms in total. The van der Waals surface area contributed by atoms with Crippen molar-refractivity contribution in [3.8, 4) is 6.07 Å². The van der Waals surface area contributed by atoms with Crippen LogP contribution in [0.4, 0.5) is 9.93 Å². The summed E-state index contributed by atoms with van der Waals surface area (Å²) < 4.78 is 5.19. The fourth-order valence-corrected chi connectivity index (χ4v) is 3.35. The number of amides is 1. The highest BCUT2D eigenvalue weighted by molar-refractivity contribution is 7.16. The summed E-state index contributed by atoms with van der Waals surface area (Å²) in [6, 6.07) is 2.40. The van der Waals surface area contributed by atoms with Crippen LogP contribution < -0.4 is 5.32 Å². The maximum atomic E-state index is 11.7. The first-order valence-electron chi connectivity index (χ1n) is 6.65. The fraction of sp³-hybridized carbons (Fsp3) is 0.643. The highest BCUT2D eigenvalue weighted by Gasteiger charge is 2.42. The van der Waals surface area contributed by atoms with Crippen LogP contribution >= 0.6 is 11.3 Å². The van der Waals surface area contributed by atoms with Gasteiger partial charge in [-0.15, -0.1) is 0 Å². The van der Waals surface area contributed by atoms with E-state index in [0.717, 1.165) is 29.8 Å². The quantitative estimate of drug-likeness (QED) is 0.901. The molecule has 1 aromatic heterocycles. The average molecular weight is 293 g/mol. The SMILES string of the molecule is Cc1nc(NC(=O)OC(C)(C)C)sc1C1(C#N)CCC1. The van der Waals surface area contributed by atoms with E-state index in [9.17, 15) is 10.1 Å². The van der Waals surface area contributed by atoms with E-state index >= 15 is 0 Å². The van der Waals surface area contributed by atoms with Gasteiger partial charge in [-0.1, -0.05) is 11.3 Å². The molecule has 0 aromatic carbocycles. The second kappa shape index (κ2) is 5.06. The first kappa shape index (κ1) is 14.8. The Labute approximate surface area is 123 Å². The first-order chi connectivity index (χ1) is 9.26. The minimum Gasteiger partial charge on any atom is -0.444 e. The van der Waals surface area contributed by atoms with Gasteiger partial charge in [-0.3, -0.25) is 5.32 Å². The van der Waals surface area contributed by atoms with Gasteiger partial charge in [0.25, 0.3) is 0 Å². The van der Waals surface area contributed by atoms with E-state index in [4.69, 9.17) is 4.74 Å². The Morgan fingerprint density at radius 1 is 1.50 bits per heavy atom. The molecule has 0 bridgehead atoms. The molecule has 0 atom stereocenters. The normalized spacial score (nSPS) is 16.9. The monoisotopic (exact) mass is 293 g/mol. The zero-order valence-electron chi connectivity index (χ0n) is 12.2. The number of carbonyl (C=O) groups excluding carboxylic acids is 1. The molecule has 0 saturated heterocycles. The van der Waals surface area contributed by atoms with Crippen LogP contribution in [-0.4, -0.2) is 16.7 Å². The van der Waals surface area contributed by atoms with E-state index in [-0.39, 0.29) is 0 Å². The predicted molar refractivity (Wildman–Crippen MR) is 77.8 cm³/mol. The number of ether oxygens (including phenoxy) is 1. The van der Waals surface area contributed by atoms with Crippen LogP contribution in [-0.2, 0) is 10.2 Å². The van der Waals surface area contributed by atoms with E-state index in [1.165, 1.54) is 11.3 Å². The van der Waals surface area contributed by atoms with Crippen LogP contribution in [0.5, 0.6) is 0 Å². The van der Waals surface area contributed by atoms with Crippen molar-refractivity contribution < 1.29 is 9.53 Å². The van der Waals surface area contributed by atoms with E-state index in [1.54, 1.807) is 0 Å². The smallest absolute Gasteiger partial charge is 0.413 e. The van der Waals surface area contributed by atoms with Crippen molar-refractivity contribution >= 4 is 22.6 Å². The number of aromatic nitrogens is 1. The molecule has 1 heterocycles. The van der Waals surface area contributed by atoms with Gasteiger partial charge in [-0.05, 0) is 47.0 Å². The summed E-state index contributed by atoms with van der Waals surface area (Å²) >= 11 is 1.38. The summed E-state index contributed by atoms with van der Waals surface area (Å²) in [4.78, 5) is 17.0. The third kappa shape index (κ3) is 2.93. The fourth-order valence-electron chi connectivity index (χ4n) is 2.20. The number of rotatable bonds is 2. The van der Waals surface area contributed by atoms with Crippen molar-refractivity contribution in [2.24, 2.45) is 0 Å². The number of thiazole rings is 1. The molecule has 0 radical (unpaired) electrons. The van der Waals surface area contributed by atoms with Crippen molar-refractivity contribution in [2.45, 2.75) is 58.0 Å². The van der Waals surface area contributed by atoms with Gasteiger partial charge in [0.15, 0.2) is 5.13 Å². The minimum absolute atomic E-state index is 0.393. The van der Waals surface area contributed by atoms with Gasteiger partial charge in [-0.2, -0.15) is 5.26 Å². The summed E-state index contributed by atoms with van der Waals surface area (Å²) in [5, 5.41) is 12.5. The van der Waals surface area contributed by atoms with Crippen molar-refractivity contribution in [2.75, 3.05) is 5.32 Å². The lowest BCUT2D eigenvalue weighted by Crippen LogP contribution is -2.32. The maximum absolute atomic E-state index is 11.7. The summed E-state index contributed by atoms with van der Waals surface area (Å²) in [6.45, 7) is 7.31. The molecular weight excluding hydrogens is 274 g/mol. The summed E-state index contributed by atoms with van der Waals surface area (Å²) in [6.07, 6.45) is 2.30. The van der Waals surface area contributed by atoms with Gasteiger partial charge >= 0.3 is 6.09 Å². The van der Waals surface area contributed by atoms with Crippen molar-refractivity contribution in [3.63, 3.8) is 0 Å². The number of nitriles is 1. The molecule has 1 aliphatic carbocycles. The lowest BCUT2D eigenvalue weighted by Gasteiger charge is -2.34. The number of carbonyl (C=O) groups is 1. The van der Waals surface area contributed by atoms with Crippen LogP contribution in [0, 0.1) is 18.3 Å². The Morgan fingerprint density at radius 3 is 2.60 bits per heavy atom. The molecule has 6 heteroatoms. The number of nitrogens with one attached hydrogen (secondary N) is 1. The van der Waals surface area contributed by atoms with Crippen molar-refractivity contribution in [1.29, 1.82) is 5.26 Å². The molecule has 1 fully saturated rings. The number of hydrogen-bond donors (Lipinski definition) is 1. The van der Waals surface area contributed by atoms with Crippen LogP contribution in [0.1, 0.15) is 50.6 Å². The van der Waals surface area contributed by atoms with Gasteiger partial charge in [0.05, 0.1) is 17.2 Å². The molecule has 2 rings (SSSR count). The van der Waals surface area contributed by atoms with E-state index < -0.39 is 17.1 Å². The number of hydrogen-bond acceptors (Lipinski definition) is 5. The maximum Gasteiger partial charge on any atom is 0.413 e. The Kier molecular flexibility index (Phi) is 3.74. The van der Waals surface area contributed by atoms with Crippen LogP contribution in [0.3, 0.4) is 0 Å². The third-order valence-electron chi connectivity index (χ3n) is 3.26. The Balaban J connectivity index is 2.12. The van der Waals surface area contributed by atoms with Gasteiger partial charge < -0.3 is 4.74 Å². The zero-order chi connectivity index (χ0) is 15.0. The first-order valence-corrected chi connectivity index (χ1v) is 7.47. The topological polar surface area (TPSA) is 75.0 Å². The zero-order valence-corrected chi connectivity index (χ0v) is 13.1. The van der Waals surface area contributed by atoms with Crippen LogP contribution in [0.15, 0.2) is 0 Å². The number of nitrogens with zero attached hydrogens (tertiary/aromatic N) is 2. The van der Waals surface area contributed by atoms with Crippen LogP contribution in [0.25, 0.3) is 0 Å². The lowest BCUT2D eigenvalue weighted by molar-refractivity contribution is 0.0636. The van der Waals surface area contributed by atoms with E-state index in [2.05, 4.69) is 16.4 Å². The number of aryl methyl sites for hydroxylation is 1. The van der Waals surface area contributed by atoms with E-state index in [0.29, 0.717) is 5.13 Å². The van der Waals surface area contributed by atoms with Crippen molar-refractivity contribution in [3.05, 3.63) is 10.6 Å². The molecular formula is C14H19N3O2S. The number of anilines is 1. The standard InChI is InChI=1S/C14H19N3O2S/c1-9-10(14(8-15)6-5-7-14)20-11(16-9)17-12(18)19-13(2,3)4/h5-7H2,1-4H3,(H,16,17,18). The minimum atomic E-state index is -0.541. The molecule has 1 amide bonds. The summed E-state index contributed by atoms with van der Waals surface area (Å²) in [5.74, 6) is 0. The van der Waals surface area contributed by atoms with Gasteiger partial charge in [0.2, 0.25) is 0 Å². The summed E-state index contributed by atoms with van der Waals surface area (Å²) in [5.41, 5.74) is -0.112. The molecule has 108 valence electrons. The molecule has 1 aliphatic rings. The molecule has 20 heavy (non-hydrogen) atoms. The van der Waals surface area contributed by atoms with Gasteiger partial charge in [0.1, 0.15) is 5.60 Å². The molecule has 1 aromatic rings. The second-order valence-electron chi connectivity index (χ2n) is 6.11. The molecule has 1 saturated carbocycles. The Bertz CT molecular complexity index is 562. The molecule has 0 aliphatic heterocycles. The third-order valence-corrected chi connectivity index (χ3v) is 4.54. The summed E-state index contributed by atoms with van der Waals surface area (Å²) in [7, 11) is 0. The highest BCUT2D eigenvalue weighted by Crippen LogP contribution is 2.47. The highest BCUT2D eigenvalue weighted by atomic mass is 32.1. The predicted octanol–water partition coefficient (Wildman–Crippen LogP) is 3.74. The average Bonchev–Trinajstić information content (AvgIpc) is 2.56. The van der Waals surface area contributed by atoms with Gasteiger partial charge in [-0.25, -0.2) is 9.78 Å². The van der Waals surface area contributed by atoms with Crippen LogP contribution in [0.2, 0.25) is 0 Å². The molecule has 0 spiro atoms. The van der Waals surface area contributed by atoms with E-state index in [1.807, 2.05) is 27.7 Å². The van der Waals surface area contributed by atoms with Gasteiger partial charge in [0, 0.05) is 4.88 Å². The molecule has 0 unspecified atom stereocenters. The lowest BCUT2D eigenvalue weighted by atomic mass is 9.68. The Morgan fingerprint density at radius 2 is 2.15 bits per heavy atom.